The second kappa shape index (κ2) is 11.1. The molecule has 1 fully saturated rings. The summed E-state index contributed by atoms with van der Waals surface area (Å²) in [4.78, 5) is 0. The van der Waals surface area contributed by atoms with Crippen LogP contribution in [0.5, 0.6) is 0 Å². The van der Waals surface area contributed by atoms with Crippen LogP contribution in [0.3, 0.4) is 0 Å². The molecule has 3 unspecified atom stereocenters. The molecule has 3 aromatic carbocycles. The third-order valence-electron chi connectivity index (χ3n) is 7.63. The normalized spacial score (nSPS) is 19.4. The van der Waals surface area contributed by atoms with Crippen LogP contribution < -0.4 is 0 Å². The summed E-state index contributed by atoms with van der Waals surface area (Å²) >= 11 is 0. The van der Waals surface area contributed by atoms with Crippen LogP contribution >= 0.6 is 0 Å². The Labute approximate surface area is 198 Å². The average molecular weight is 447 g/mol. The van der Waals surface area contributed by atoms with Gasteiger partial charge < -0.3 is 0 Å². The van der Waals surface area contributed by atoms with Gasteiger partial charge in [-0.2, -0.15) is 0 Å². The van der Waals surface area contributed by atoms with Crippen LogP contribution in [0, 0.1) is 23.5 Å². The molecule has 2 heteroatoms. The van der Waals surface area contributed by atoms with E-state index in [9.17, 15) is 0 Å². The minimum atomic E-state index is -0.447. The summed E-state index contributed by atoms with van der Waals surface area (Å²) in [6.07, 6.45) is 9.60. The third kappa shape index (κ3) is 5.37. The maximum Gasteiger partial charge on any atom is 0.134 e. The summed E-state index contributed by atoms with van der Waals surface area (Å²) in [5.41, 5.74) is 3.64. The number of rotatable bonds is 8. The molecule has 4 rings (SSSR count). The van der Waals surface area contributed by atoms with Crippen molar-refractivity contribution in [3.8, 4) is 22.3 Å². The Morgan fingerprint density at radius 2 is 1.39 bits per heavy atom. The highest BCUT2D eigenvalue weighted by Gasteiger charge is 2.32. The maximum atomic E-state index is 15.3. The van der Waals surface area contributed by atoms with Gasteiger partial charge in [0.1, 0.15) is 11.6 Å². The smallest absolute Gasteiger partial charge is 0.134 e. The number of benzene rings is 3. The Hall–Kier alpha value is -2.48. The first-order chi connectivity index (χ1) is 16.1. The molecule has 33 heavy (non-hydrogen) atoms. The van der Waals surface area contributed by atoms with Crippen molar-refractivity contribution in [2.24, 2.45) is 11.8 Å². The molecule has 3 aromatic rings. The minimum absolute atomic E-state index is 0.0828. The predicted octanol–water partition coefficient (Wildman–Crippen LogP) is 9.79. The van der Waals surface area contributed by atoms with E-state index < -0.39 is 11.6 Å². The Balaban J connectivity index is 1.61. The molecule has 0 spiro atoms. The predicted molar refractivity (Wildman–Crippen MR) is 135 cm³/mol. The fourth-order valence-corrected chi connectivity index (χ4v) is 5.92. The second-order valence-electron chi connectivity index (χ2n) is 9.67. The van der Waals surface area contributed by atoms with Gasteiger partial charge in [-0.15, -0.1) is 0 Å². The standard InChI is InChI=1S/C31H36F2/c1-3-5-11-24-14-9-10-15-28(24)27(4-2)26-20-29(32)31(30(33)21-26)25-18-16-23(17-19-25)22-12-7-6-8-13-22/h6-8,12-13,16-21,24,27-28H,3-5,9-11,14-15H2,1-2H3. The van der Waals surface area contributed by atoms with Gasteiger partial charge in [0.2, 0.25) is 0 Å². The van der Waals surface area contributed by atoms with Crippen molar-refractivity contribution in [1.82, 2.24) is 0 Å². The Bertz CT molecular complexity index is 1000. The Morgan fingerprint density at radius 3 is 2.03 bits per heavy atom. The largest absolute Gasteiger partial charge is 0.206 e. The van der Waals surface area contributed by atoms with Crippen molar-refractivity contribution in [2.45, 2.75) is 71.1 Å². The molecular weight excluding hydrogens is 410 g/mol. The highest BCUT2D eigenvalue weighted by molar-refractivity contribution is 5.71. The highest BCUT2D eigenvalue weighted by Crippen LogP contribution is 2.44. The van der Waals surface area contributed by atoms with Gasteiger partial charge in [-0.25, -0.2) is 8.78 Å². The SMILES string of the molecule is CCCCC1CCCCC1C(CC)c1cc(F)c(-c2ccc(-c3ccccc3)cc2)c(F)c1. The van der Waals surface area contributed by atoms with Gasteiger partial charge in [-0.1, -0.05) is 107 Å². The van der Waals surface area contributed by atoms with Crippen molar-refractivity contribution in [1.29, 1.82) is 0 Å². The van der Waals surface area contributed by atoms with Crippen molar-refractivity contribution in [3.05, 3.63) is 83.9 Å². The lowest BCUT2D eigenvalue weighted by atomic mass is 9.68. The van der Waals surface area contributed by atoms with Gasteiger partial charge in [-0.05, 0) is 65.0 Å². The second-order valence-corrected chi connectivity index (χ2v) is 9.67. The van der Waals surface area contributed by atoms with Gasteiger partial charge in [-0.3, -0.25) is 0 Å². The Morgan fingerprint density at radius 1 is 0.788 bits per heavy atom. The minimum Gasteiger partial charge on any atom is -0.206 e. The summed E-state index contributed by atoms with van der Waals surface area (Å²) in [7, 11) is 0. The van der Waals surface area contributed by atoms with Crippen LogP contribution in [0.1, 0.15) is 76.7 Å². The Kier molecular flexibility index (Phi) is 7.96. The fourth-order valence-electron chi connectivity index (χ4n) is 5.92. The maximum absolute atomic E-state index is 15.3. The van der Waals surface area contributed by atoms with E-state index in [4.69, 9.17) is 0 Å². The molecule has 0 bridgehead atoms. The van der Waals surface area contributed by atoms with Crippen molar-refractivity contribution >= 4 is 0 Å². The van der Waals surface area contributed by atoms with Gasteiger partial charge in [0.05, 0.1) is 5.56 Å². The molecule has 0 radical (unpaired) electrons. The molecule has 0 saturated heterocycles. The molecule has 0 amide bonds. The zero-order valence-corrected chi connectivity index (χ0v) is 20.0. The highest BCUT2D eigenvalue weighted by atomic mass is 19.1. The van der Waals surface area contributed by atoms with Crippen molar-refractivity contribution < 1.29 is 8.78 Å². The number of unbranched alkanes of at least 4 members (excludes halogenated alkanes) is 1. The van der Waals surface area contributed by atoms with Crippen molar-refractivity contribution in [2.75, 3.05) is 0 Å². The lowest BCUT2D eigenvalue weighted by Crippen LogP contribution is -2.26. The van der Waals surface area contributed by atoms with Gasteiger partial charge in [0.15, 0.2) is 0 Å². The van der Waals surface area contributed by atoms with E-state index >= 15 is 8.78 Å². The van der Waals surface area contributed by atoms with Gasteiger partial charge in [0.25, 0.3) is 0 Å². The third-order valence-corrected chi connectivity index (χ3v) is 7.63. The lowest BCUT2D eigenvalue weighted by Gasteiger charge is -2.37. The zero-order valence-electron chi connectivity index (χ0n) is 20.0. The molecule has 1 aliphatic carbocycles. The molecule has 1 aliphatic rings. The fraction of sp³-hybridized carbons (Fsp3) is 0.419. The van der Waals surface area contributed by atoms with Gasteiger partial charge >= 0.3 is 0 Å². The monoisotopic (exact) mass is 446 g/mol. The van der Waals surface area contributed by atoms with Crippen molar-refractivity contribution in [3.63, 3.8) is 0 Å². The quantitative estimate of drug-likeness (QED) is 0.323. The molecule has 1 saturated carbocycles. The van der Waals surface area contributed by atoms with Crippen LogP contribution in [-0.4, -0.2) is 0 Å². The van der Waals surface area contributed by atoms with E-state index in [-0.39, 0.29) is 11.5 Å². The first-order valence-electron chi connectivity index (χ1n) is 12.8. The number of hydrogen-bond donors (Lipinski definition) is 0. The average Bonchev–Trinajstić information content (AvgIpc) is 2.84. The van der Waals surface area contributed by atoms with Crippen LogP contribution in [-0.2, 0) is 0 Å². The molecule has 0 aliphatic heterocycles. The first-order valence-corrected chi connectivity index (χ1v) is 12.8. The molecule has 3 atom stereocenters. The van der Waals surface area contributed by atoms with E-state index in [0.717, 1.165) is 23.1 Å². The van der Waals surface area contributed by atoms with Crippen LogP contribution in [0.25, 0.3) is 22.3 Å². The van der Waals surface area contributed by atoms with E-state index in [2.05, 4.69) is 13.8 Å². The summed E-state index contributed by atoms with van der Waals surface area (Å²) < 4.78 is 30.7. The summed E-state index contributed by atoms with van der Waals surface area (Å²) in [5.74, 6) is 0.546. The van der Waals surface area contributed by atoms with E-state index in [1.54, 1.807) is 12.1 Å². The molecule has 0 N–H and O–H groups in total. The molecule has 0 heterocycles. The summed E-state index contributed by atoms with van der Waals surface area (Å²) in [6, 6.07) is 20.8. The van der Waals surface area contributed by atoms with E-state index in [1.807, 2.05) is 54.6 Å². The number of halogens is 2. The number of hydrogen-bond acceptors (Lipinski definition) is 0. The molecule has 174 valence electrons. The first kappa shape index (κ1) is 23.7. The molecule has 0 nitrogen and oxygen atoms in total. The zero-order chi connectivity index (χ0) is 23.2. The van der Waals surface area contributed by atoms with Crippen LogP contribution in [0.4, 0.5) is 8.78 Å². The van der Waals surface area contributed by atoms with Crippen LogP contribution in [0.2, 0.25) is 0 Å². The van der Waals surface area contributed by atoms with E-state index in [1.165, 1.54) is 44.9 Å². The van der Waals surface area contributed by atoms with E-state index in [0.29, 0.717) is 17.4 Å². The molecular formula is C31H36F2. The summed E-state index contributed by atoms with van der Waals surface area (Å²) in [5, 5.41) is 0. The lowest BCUT2D eigenvalue weighted by molar-refractivity contribution is 0.182. The molecule has 0 aromatic heterocycles. The van der Waals surface area contributed by atoms with Gasteiger partial charge in [0, 0.05) is 0 Å². The summed E-state index contributed by atoms with van der Waals surface area (Å²) in [6.45, 7) is 4.41. The van der Waals surface area contributed by atoms with Crippen LogP contribution in [0.15, 0.2) is 66.7 Å². The topological polar surface area (TPSA) is 0 Å².